The zero-order chi connectivity index (χ0) is 22.2. The number of aryl methyl sites for hydroxylation is 1. The van der Waals surface area contributed by atoms with Gasteiger partial charge in [0.25, 0.3) is 0 Å². The molecule has 0 radical (unpaired) electrons. The van der Waals surface area contributed by atoms with Gasteiger partial charge in [0.1, 0.15) is 5.82 Å². The molecule has 0 unspecified atom stereocenters. The van der Waals surface area contributed by atoms with Crippen LogP contribution in [0.15, 0.2) is 55.2 Å². The van der Waals surface area contributed by atoms with Gasteiger partial charge in [-0.3, -0.25) is 19.4 Å². The normalized spacial score (nSPS) is 14.2. The number of hydrogen-bond acceptors (Lipinski definition) is 7. The first-order chi connectivity index (χ1) is 15.5. The van der Waals surface area contributed by atoms with Gasteiger partial charge in [0.15, 0.2) is 5.78 Å². The van der Waals surface area contributed by atoms with Gasteiger partial charge in [-0.2, -0.15) is 5.10 Å². The van der Waals surface area contributed by atoms with Crippen LogP contribution in [0.4, 0.5) is 5.82 Å². The quantitative estimate of drug-likeness (QED) is 0.438. The van der Waals surface area contributed by atoms with Crippen LogP contribution < -0.4 is 4.90 Å². The van der Waals surface area contributed by atoms with Crippen LogP contribution in [-0.4, -0.2) is 68.6 Å². The predicted molar refractivity (Wildman–Crippen MR) is 124 cm³/mol. The van der Waals surface area contributed by atoms with Crippen LogP contribution in [0.3, 0.4) is 0 Å². The Bertz CT molecular complexity index is 1290. The summed E-state index contributed by atoms with van der Waals surface area (Å²) in [7, 11) is 6.05. The van der Waals surface area contributed by atoms with Gasteiger partial charge < -0.3 is 9.80 Å². The van der Waals surface area contributed by atoms with Crippen molar-refractivity contribution in [1.29, 1.82) is 0 Å². The summed E-state index contributed by atoms with van der Waals surface area (Å²) in [6.07, 6.45) is 9.26. The average molecular weight is 428 g/mol. The first-order valence-corrected chi connectivity index (χ1v) is 10.6. The summed E-state index contributed by atoms with van der Waals surface area (Å²) in [6, 6.07) is 8.18. The van der Waals surface area contributed by atoms with Crippen molar-refractivity contribution in [2.75, 3.05) is 32.1 Å². The zero-order valence-electron chi connectivity index (χ0n) is 18.4. The lowest BCUT2D eigenvalue weighted by Gasteiger charge is -2.43. The number of nitrogens with zero attached hydrogens (tertiary/aromatic N) is 7. The van der Waals surface area contributed by atoms with Crippen LogP contribution >= 0.6 is 0 Å². The molecule has 1 saturated heterocycles. The lowest BCUT2D eigenvalue weighted by Crippen LogP contribution is -2.57. The van der Waals surface area contributed by atoms with Crippen LogP contribution in [0.25, 0.3) is 22.0 Å². The molecule has 8 nitrogen and oxygen atoms in total. The molecule has 1 aliphatic rings. The Morgan fingerprint density at radius 1 is 1.06 bits per heavy atom. The summed E-state index contributed by atoms with van der Waals surface area (Å²) in [5.74, 6) is 0.888. The molecule has 1 fully saturated rings. The van der Waals surface area contributed by atoms with Crippen molar-refractivity contribution in [3.05, 3.63) is 66.5 Å². The van der Waals surface area contributed by atoms with E-state index >= 15 is 0 Å². The lowest BCUT2D eigenvalue weighted by molar-refractivity contribution is 0.0992. The fraction of sp³-hybridized carbons (Fsp3) is 0.292. The van der Waals surface area contributed by atoms with Crippen molar-refractivity contribution >= 4 is 22.4 Å². The standard InChI is InChI=1S/C24H25N7O/c1-29(2)21-14-31(15-21)24-8-16(4-5-25-24)23(32)9-20-6-17-7-22(19-12-28-30(3)13-19)27-11-18(17)10-26-20/h4-8,10-13,21H,9,14-15H2,1-3H3. The molecule has 8 heteroatoms. The Morgan fingerprint density at radius 3 is 2.62 bits per heavy atom. The number of carbonyl (C=O) groups excluding carboxylic acids is 1. The highest BCUT2D eigenvalue weighted by molar-refractivity contribution is 5.98. The average Bonchev–Trinajstić information content (AvgIpc) is 3.18. The highest BCUT2D eigenvalue weighted by atomic mass is 16.1. The second-order valence-corrected chi connectivity index (χ2v) is 8.52. The molecular weight excluding hydrogens is 402 g/mol. The van der Waals surface area contributed by atoms with Gasteiger partial charge in [-0.25, -0.2) is 4.98 Å². The van der Waals surface area contributed by atoms with E-state index in [1.54, 1.807) is 35.5 Å². The molecule has 5 heterocycles. The summed E-state index contributed by atoms with van der Waals surface area (Å²) >= 11 is 0. The maximum Gasteiger partial charge on any atom is 0.169 e. The Balaban J connectivity index is 1.34. The van der Waals surface area contributed by atoms with E-state index in [0.29, 0.717) is 11.6 Å². The summed E-state index contributed by atoms with van der Waals surface area (Å²) < 4.78 is 1.75. The topological polar surface area (TPSA) is 80.0 Å². The maximum atomic E-state index is 13.0. The molecule has 0 aliphatic carbocycles. The molecule has 5 rings (SSSR count). The van der Waals surface area contributed by atoms with Crippen LogP contribution in [0, 0.1) is 0 Å². The van der Waals surface area contributed by atoms with Crippen molar-refractivity contribution in [1.82, 2.24) is 29.6 Å². The Morgan fingerprint density at radius 2 is 1.88 bits per heavy atom. The third-order valence-corrected chi connectivity index (χ3v) is 5.99. The molecule has 1 aliphatic heterocycles. The SMILES string of the molecule is CN(C)C1CN(c2cc(C(=O)Cc3cc4cc(-c5cnn(C)c5)ncc4cn3)ccn2)C1. The smallest absolute Gasteiger partial charge is 0.169 e. The van der Waals surface area contributed by atoms with E-state index in [1.807, 2.05) is 31.4 Å². The molecule has 0 amide bonds. The van der Waals surface area contributed by atoms with Gasteiger partial charge in [-0.05, 0) is 43.7 Å². The van der Waals surface area contributed by atoms with Gasteiger partial charge in [-0.1, -0.05) is 0 Å². The Kier molecular flexibility index (Phi) is 5.14. The molecule has 0 atom stereocenters. The highest BCUT2D eigenvalue weighted by Gasteiger charge is 2.29. The molecule has 0 spiro atoms. The number of pyridine rings is 3. The third-order valence-electron chi connectivity index (χ3n) is 5.99. The number of aromatic nitrogens is 5. The van der Waals surface area contributed by atoms with E-state index < -0.39 is 0 Å². The van der Waals surface area contributed by atoms with Crippen molar-refractivity contribution < 1.29 is 4.79 Å². The molecule has 4 aromatic rings. The minimum Gasteiger partial charge on any atom is -0.353 e. The first kappa shape index (κ1) is 20.3. The van der Waals surface area contributed by atoms with Crippen molar-refractivity contribution in [2.45, 2.75) is 12.5 Å². The summed E-state index contributed by atoms with van der Waals surface area (Å²) in [5.41, 5.74) is 3.20. The largest absolute Gasteiger partial charge is 0.353 e. The van der Waals surface area contributed by atoms with Crippen molar-refractivity contribution in [3.63, 3.8) is 0 Å². The molecule has 0 N–H and O–H groups in total. The van der Waals surface area contributed by atoms with Crippen LogP contribution in [0.1, 0.15) is 16.1 Å². The fourth-order valence-electron chi connectivity index (χ4n) is 3.89. The number of hydrogen-bond donors (Lipinski definition) is 0. The Labute approximate surface area is 186 Å². The van der Waals surface area contributed by atoms with Crippen LogP contribution in [0.5, 0.6) is 0 Å². The molecule has 0 aromatic carbocycles. The number of carbonyl (C=O) groups is 1. The van der Waals surface area contributed by atoms with Gasteiger partial charge in [-0.15, -0.1) is 0 Å². The van der Waals surface area contributed by atoms with E-state index in [2.05, 4.69) is 43.9 Å². The number of anilines is 1. The van der Waals surface area contributed by atoms with Gasteiger partial charge in [0.2, 0.25) is 0 Å². The third kappa shape index (κ3) is 3.97. The van der Waals surface area contributed by atoms with Gasteiger partial charge in [0, 0.05) is 73.2 Å². The lowest BCUT2D eigenvalue weighted by atomic mass is 10.0. The van der Waals surface area contributed by atoms with E-state index in [0.717, 1.165) is 46.6 Å². The molecule has 32 heavy (non-hydrogen) atoms. The summed E-state index contributed by atoms with van der Waals surface area (Å²) in [6.45, 7) is 1.86. The molecule has 0 saturated carbocycles. The minimum atomic E-state index is 0.0340. The number of Topliss-reactive ketones (excluding diaryl/α,β-unsaturated/α-hetero) is 1. The maximum absolute atomic E-state index is 13.0. The molecule has 162 valence electrons. The minimum absolute atomic E-state index is 0.0340. The number of rotatable bonds is 6. The molecular formula is C24H25N7O. The predicted octanol–water partition coefficient (Wildman–Crippen LogP) is 2.60. The van der Waals surface area contributed by atoms with E-state index in [4.69, 9.17) is 0 Å². The second kappa shape index (κ2) is 8.12. The molecule has 0 bridgehead atoms. The molecule has 4 aromatic heterocycles. The van der Waals surface area contributed by atoms with Crippen LogP contribution in [0.2, 0.25) is 0 Å². The fourth-order valence-corrected chi connectivity index (χ4v) is 3.89. The van der Waals surface area contributed by atoms with E-state index in [1.165, 1.54) is 0 Å². The van der Waals surface area contributed by atoms with Crippen LogP contribution in [-0.2, 0) is 13.5 Å². The van der Waals surface area contributed by atoms with Gasteiger partial charge in [0.05, 0.1) is 18.3 Å². The van der Waals surface area contributed by atoms with Crippen molar-refractivity contribution in [2.24, 2.45) is 7.05 Å². The summed E-state index contributed by atoms with van der Waals surface area (Å²) in [4.78, 5) is 30.8. The number of ketones is 1. The first-order valence-electron chi connectivity index (χ1n) is 10.6. The van der Waals surface area contributed by atoms with Gasteiger partial charge >= 0.3 is 0 Å². The van der Waals surface area contributed by atoms with Crippen molar-refractivity contribution in [3.8, 4) is 11.3 Å². The number of likely N-dealkylation sites (N-methyl/N-ethyl adjacent to an activating group) is 1. The highest BCUT2D eigenvalue weighted by Crippen LogP contribution is 2.24. The van der Waals surface area contributed by atoms with E-state index in [-0.39, 0.29) is 12.2 Å². The monoisotopic (exact) mass is 427 g/mol. The summed E-state index contributed by atoms with van der Waals surface area (Å²) in [5, 5.41) is 6.16. The van der Waals surface area contributed by atoms with E-state index in [9.17, 15) is 4.79 Å². The number of fused-ring (bicyclic) bond motifs is 1. The Hall–Kier alpha value is -3.65. The second-order valence-electron chi connectivity index (χ2n) is 8.52. The zero-order valence-corrected chi connectivity index (χ0v) is 18.4.